The number of ether oxygens (including phenoxy) is 1. The number of hydrogen-bond donors (Lipinski definition) is 2. The first kappa shape index (κ1) is 21.6. The molecule has 9 heteroatoms. The molecule has 0 atom stereocenters. The van der Waals surface area contributed by atoms with E-state index in [1.807, 2.05) is 60.7 Å². The summed E-state index contributed by atoms with van der Waals surface area (Å²) < 4.78 is 7.36. The number of fused-ring (bicyclic) bond motifs is 1. The molecule has 0 bridgehead atoms. The van der Waals surface area contributed by atoms with Crippen LogP contribution >= 0.6 is 0 Å². The van der Waals surface area contributed by atoms with E-state index in [1.165, 1.54) is 11.0 Å². The Labute approximate surface area is 200 Å². The Bertz CT molecular complexity index is 1540. The van der Waals surface area contributed by atoms with Crippen LogP contribution in [0.25, 0.3) is 22.3 Å². The normalized spacial score (nSPS) is 10.6. The van der Waals surface area contributed by atoms with Crippen LogP contribution < -0.4 is 15.8 Å². The molecule has 3 N–H and O–H groups in total. The van der Waals surface area contributed by atoms with Gasteiger partial charge in [-0.1, -0.05) is 18.2 Å². The summed E-state index contributed by atoms with van der Waals surface area (Å²) in [7, 11) is 0. The summed E-state index contributed by atoms with van der Waals surface area (Å²) in [6.07, 6.45) is 1.34. The third-order valence-corrected chi connectivity index (χ3v) is 5.26. The second kappa shape index (κ2) is 9.33. The number of para-hydroxylation sites is 1. The van der Waals surface area contributed by atoms with Crippen molar-refractivity contribution in [2.24, 2.45) is 0 Å². The van der Waals surface area contributed by atoms with Crippen molar-refractivity contribution in [3.63, 3.8) is 0 Å². The molecule has 2 aromatic heterocycles. The zero-order valence-electron chi connectivity index (χ0n) is 18.4. The van der Waals surface area contributed by atoms with Gasteiger partial charge in [0.2, 0.25) is 5.91 Å². The molecule has 5 rings (SSSR count). The predicted molar refractivity (Wildman–Crippen MR) is 131 cm³/mol. The molecule has 170 valence electrons. The largest absolute Gasteiger partial charge is 0.457 e. The summed E-state index contributed by atoms with van der Waals surface area (Å²) in [5, 5.41) is 16.9. The molecular weight excluding hydrogens is 442 g/mol. The second-order valence-corrected chi connectivity index (χ2v) is 7.64. The minimum atomic E-state index is -0.297. The van der Waals surface area contributed by atoms with Crippen molar-refractivity contribution < 1.29 is 9.53 Å². The number of rotatable bonds is 6. The minimum Gasteiger partial charge on any atom is -0.457 e. The van der Waals surface area contributed by atoms with Crippen LogP contribution in [0.3, 0.4) is 0 Å². The van der Waals surface area contributed by atoms with Gasteiger partial charge in [-0.15, -0.1) is 0 Å². The lowest BCUT2D eigenvalue weighted by atomic mass is 10.1. The summed E-state index contributed by atoms with van der Waals surface area (Å²) in [5.74, 6) is 1.39. The highest BCUT2D eigenvalue weighted by Crippen LogP contribution is 2.32. The number of amides is 1. The van der Waals surface area contributed by atoms with Crippen molar-refractivity contribution in [1.29, 1.82) is 5.26 Å². The van der Waals surface area contributed by atoms with Crippen molar-refractivity contribution >= 4 is 28.4 Å². The van der Waals surface area contributed by atoms with E-state index in [0.717, 1.165) is 11.3 Å². The van der Waals surface area contributed by atoms with Gasteiger partial charge >= 0.3 is 0 Å². The topological polar surface area (TPSA) is 132 Å². The molecule has 0 aliphatic heterocycles. The van der Waals surface area contributed by atoms with Crippen LogP contribution in [0.4, 0.5) is 11.5 Å². The Hall–Kier alpha value is -5.23. The van der Waals surface area contributed by atoms with Crippen LogP contribution in [0.1, 0.15) is 5.56 Å². The van der Waals surface area contributed by atoms with Gasteiger partial charge in [0.15, 0.2) is 5.65 Å². The molecular formula is C26H19N7O2. The Morgan fingerprint density at radius 3 is 2.40 bits per heavy atom. The number of nitrogen functional groups attached to an aromatic ring is 1. The van der Waals surface area contributed by atoms with E-state index in [2.05, 4.69) is 20.4 Å². The van der Waals surface area contributed by atoms with E-state index >= 15 is 0 Å². The van der Waals surface area contributed by atoms with E-state index in [-0.39, 0.29) is 18.3 Å². The molecule has 3 aromatic carbocycles. The Kier molecular flexibility index (Phi) is 5.76. The maximum Gasteiger partial charge on any atom is 0.246 e. The molecule has 0 aliphatic carbocycles. The fraction of sp³-hybridized carbons (Fsp3) is 0.0385. The van der Waals surface area contributed by atoms with Crippen LogP contribution in [0.2, 0.25) is 0 Å². The number of anilines is 2. The minimum absolute atomic E-state index is 0.0812. The van der Waals surface area contributed by atoms with Gasteiger partial charge in [-0.2, -0.15) is 10.4 Å². The van der Waals surface area contributed by atoms with Crippen molar-refractivity contribution in [2.45, 2.75) is 6.54 Å². The number of nitrogens with one attached hydrogen (secondary N) is 1. The average molecular weight is 461 g/mol. The summed E-state index contributed by atoms with van der Waals surface area (Å²) in [5.41, 5.74) is 9.05. The lowest BCUT2D eigenvalue weighted by molar-refractivity contribution is -0.116. The number of nitrogens with zero attached hydrogens (tertiary/aromatic N) is 5. The fourth-order valence-electron chi connectivity index (χ4n) is 3.61. The van der Waals surface area contributed by atoms with Gasteiger partial charge in [0.1, 0.15) is 35.9 Å². The molecule has 0 spiro atoms. The second-order valence-electron chi connectivity index (χ2n) is 7.64. The number of nitrogens with two attached hydrogens (primary N) is 1. The SMILES string of the molecule is N#Cc1ccc(NC(=O)Cn2nc(-c3ccc(Oc4ccccc4)cc3)c3c(N)ncnc32)cc1. The van der Waals surface area contributed by atoms with E-state index in [9.17, 15) is 4.79 Å². The first-order valence-corrected chi connectivity index (χ1v) is 10.7. The maximum atomic E-state index is 12.7. The predicted octanol–water partition coefficient (Wildman–Crippen LogP) is 4.38. The quantitative estimate of drug-likeness (QED) is 0.383. The number of carbonyl (C=O) groups excluding carboxylic acids is 1. The lowest BCUT2D eigenvalue weighted by Crippen LogP contribution is -2.19. The van der Waals surface area contributed by atoms with Gasteiger partial charge in [0, 0.05) is 11.3 Å². The Morgan fingerprint density at radius 1 is 0.971 bits per heavy atom. The molecule has 35 heavy (non-hydrogen) atoms. The van der Waals surface area contributed by atoms with Gasteiger partial charge in [-0.3, -0.25) is 4.79 Å². The molecule has 0 saturated carbocycles. The summed E-state index contributed by atoms with van der Waals surface area (Å²) in [4.78, 5) is 21.1. The van der Waals surface area contributed by atoms with Gasteiger partial charge in [0.25, 0.3) is 0 Å². The summed E-state index contributed by atoms with van der Waals surface area (Å²) in [6.45, 7) is -0.0812. The smallest absolute Gasteiger partial charge is 0.246 e. The molecule has 0 unspecified atom stereocenters. The number of hydrogen-bond acceptors (Lipinski definition) is 7. The van der Waals surface area contributed by atoms with Gasteiger partial charge in [-0.05, 0) is 60.7 Å². The molecule has 0 fully saturated rings. The molecule has 0 radical (unpaired) electrons. The number of benzene rings is 3. The van der Waals surface area contributed by atoms with Crippen LogP contribution in [-0.2, 0) is 11.3 Å². The lowest BCUT2D eigenvalue weighted by Gasteiger charge is -2.06. The third kappa shape index (κ3) is 4.62. The highest BCUT2D eigenvalue weighted by molar-refractivity contribution is 5.99. The highest BCUT2D eigenvalue weighted by atomic mass is 16.5. The summed E-state index contributed by atoms with van der Waals surface area (Å²) >= 11 is 0. The molecule has 2 heterocycles. The van der Waals surface area contributed by atoms with E-state index < -0.39 is 0 Å². The van der Waals surface area contributed by atoms with Crippen LogP contribution in [0.5, 0.6) is 11.5 Å². The van der Waals surface area contributed by atoms with Crippen molar-refractivity contribution in [1.82, 2.24) is 19.7 Å². The first-order chi connectivity index (χ1) is 17.1. The molecule has 9 nitrogen and oxygen atoms in total. The van der Waals surface area contributed by atoms with Crippen LogP contribution in [0.15, 0.2) is 85.2 Å². The fourth-order valence-corrected chi connectivity index (χ4v) is 3.61. The zero-order valence-corrected chi connectivity index (χ0v) is 18.4. The number of carbonyl (C=O) groups is 1. The maximum absolute atomic E-state index is 12.7. The first-order valence-electron chi connectivity index (χ1n) is 10.7. The van der Waals surface area contributed by atoms with Crippen LogP contribution in [0, 0.1) is 11.3 Å². The van der Waals surface area contributed by atoms with Gasteiger partial charge in [-0.25, -0.2) is 14.6 Å². The third-order valence-electron chi connectivity index (χ3n) is 5.26. The summed E-state index contributed by atoms with van der Waals surface area (Å²) in [6, 6.07) is 25.6. The standard InChI is InChI=1S/C26H19N7O2/c27-14-17-6-10-19(11-7-17)31-22(34)15-33-26-23(25(28)29-16-30-26)24(32-33)18-8-12-21(13-9-18)35-20-4-2-1-3-5-20/h1-13,16H,15H2,(H,31,34)(H2,28,29,30). The highest BCUT2D eigenvalue weighted by Gasteiger charge is 2.19. The van der Waals surface area contributed by atoms with Gasteiger partial charge in [0.05, 0.1) is 17.0 Å². The van der Waals surface area contributed by atoms with Crippen molar-refractivity contribution in [3.8, 4) is 28.8 Å². The Balaban J connectivity index is 1.41. The number of aromatic nitrogens is 4. The zero-order chi connectivity index (χ0) is 24.2. The number of nitriles is 1. The monoisotopic (exact) mass is 461 g/mol. The molecule has 0 saturated heterocycles. The molecule has 5 aromatic rings. The van der Waals surface area contributed by atoms with E-state index in [4.69, 9.17) is 15.7 Å². The van der Waals surface area contributed by atoms with Crippen molar-refractivity contribution in [3.05, 3.63) is 90.8 Å². The van der Waals surface area contributed by atoms with Gasteiger partial charge < -0.3 is 15.8 Å². The van der Waals surface area contributed by atoms with E-state index in [1.54, 1.807) is 24.3 Å². The molecule has 0 aliphatic rings. The van der Waals surface area contributed by atoms with Crippen molar-refractivity contribution in [2.75, 3.05) is 11.1 Å². The average Bonchev–Trinajstić information content (AvgIpc) is 3.25. The Morgan fingerprint density at radius 2 is 1.69 bits per heavy atom. The molecule has 1 amide bonds. The van der Waals surface area contributed by atoms with E-state index in [0.29, 0.717) is 33.7 Å². The van der Waals surface area contributed by atoms with Crippen LogP contribution in [-0.4, -0.2) is 25.7 Å².